The molecule has 3 aromatic carbocycles. The summed E-state index contributed by atoms with van der Waals surface area (Å²) in [5, 5.41) is 10.6. The number of ketones is 1. The molecule has 2 aromatic heterocycles. The molecule has 4 heterocycles. The number of nitrogens with one attached hydrogen (secondary N) is 3. The Labute approximate surface area is 293 Å². The number of aryl methyl sites for hydroxylation is 2. The van der Waals surface area contributed by atoms with Gasteiger partial charge in [0.2, 0.25) is 5.78 Å². The number of methoxy groups -OCH3 is 1. The Morgan fingerprint density at radius 2 is 1.80 bits per heavy atom. The van der Waals surface area contributed by atoms with Gasteiger partial charge in [0.1, 0.15) is 11.5 Å². The normalized spacial score (nSPS) is 16.2. The molecule has 3 amide bonds. The van der Waals surface area contributed by atoms with Gasteiger partial charge in [0.25, 0.3) is 5.91 Å². The Morgan fingerprint density at radius 1 is 1.08 bits per heavy atom. The fourth-order valence-corrected chi connectivity index (χ4v) is 6.77. The fourth-order valence-electron chi connectivity index (χ4n) is 6.77. The molecular weight excluding hydrogens is 653 g/mol. The highest BCUT2D eigenvalue weighted by molar-refractivity contribution is 6.16. The molecule has 0 spiro atoms. The van der Waals surface area contributed by atoms with Crippen LogP contribution in [0.25, 0.3) is 28.2 Å². The van der Waals surface area contributed by atoms with Crippen LogP contribution in [0.3, 0.4) is 0 Å². The summed E-state index contributed by atoms with van der Waals surface area (Å²) in [7, 11) is 7.32. The Kier molecular flexibility index (Phi) is 8.59. The van der Waals surface area contributed by atoms with Crippen molar-refractivity contribution in [1.29, 1.82) is 0 Å². The number of Topliss-reactive ketones (excluding diaryl/α,β-unsaturated/α-hetero) is 1. The van der Waals surface area contributed by atoms with E-state index in [0.717, 1.165) is 23.4 Å². The number of nitrogens with zero attached hydrogens (tertiary/aromatic N) is 4. The number of benzene rings is 3. The van der Waals surface area contributed by atoms with Gasteiger partial charge in [-0.05, 0) is 89.0 Å². The zero-order valence-corrected chi connectivity index (χ0v) is 29.2. The third-order valence-electron chi connectivity index (χ3n) is 9.64. The Balaban J connectivity index is 1.10. The van der Waals surface area contributed by atoms with Crippen LogP contribution in [0, 0.1) is 19.7 Å². The molecule has 13 heteroatoms. The van der Waals surface area contributed by atoms with Crippen LogP contribution in [0.15, 0.2) is 60.4 Å². The first kappa shape index (κ1) is 33.5. The van der Waals surface area contributed by atoms with E-state index in [9.17, 15) is 14.4 Å². The minimum atomic E-state index is -0.522. The minimum absolute atomic E-state index is 0.0380. The summed E-state index contributed by atoms with van der Waals surface area (Å²) >= 11 is 0. The molecule has 12 nitrogen and oxygen atoms in total. The highest BCUT2D eigenvalue weighted by atomic mass is 19.1. The molecule has 2 aliphatic heterocycles. The number of H-pyrrole nitrogens is 1. The number of urea groups is 1. The quantitative estimate of drug-likeness (QED) is 0.169. The number of aromatic amines is 1. The number of rotatable bonds is 7. The van der Waals surface area contributed by atoms with Crippen LogP contribution in [0.2, 0.25) is 0 Å². The van der Waals surface area contributed by atoms with E-state index < -0.39 is 17.6 Å². The predicted octanol–water partition coefficient (Wildman–Crippen LogP) is 6.37. The molecule has 1 fully saturated rings. The number of anilines is 2. The molecule has 1 atom stereocenters. The van der Waals surface area contributed by atoms with Crippen molar-refractivity contribution in [2.75, 3.05) is 44.9 Å². The number of ether oxygens (including phenoxy) is 2. The van der Waals surface area contributed by atoms with Crippen molar-refractivity contribution in [2.45, 2.75) is 26.3 Å². The summed E-state index contributed by atoms with van der Waals surface area (Å²) in [5.74, 6) is -0.250. The largest absolute Gasteiger partial charge is 0.497 e. The molecule has 0 radical (unpaired) electrons. The number of carbonyl (C=O) groups excluding carboxylic acids is 3. The number of halogens is 1. The van der Waals surface area contributed by atoms with Gasteiger partial charge in [-0.15, -0.1) is 0 Å². The fraction of sp³-hybridized carbons (Fsp3) is 0.263. The zero-order chi connectivity index (χ0) is 36.1. The molecule has 0 aliphatic carbocycles. The second kappa shape index (κ2) is 13.1. The van der Waals surface area contributed by atoms with E-state index in [1.807, 2.05) is 39.9 Å². The first-order valence-corrected chi connectivity index (χ1v) is 16.5. The first-order valence-electron chi connectivity index (χ1n) is 16.5. The van der Waals surface area contributed by atoms with Crippen molar-refractivity contribution in [3.05, 3.63) is 94.3 Å². The van der Waals surface area contributed by atoms with Crippen LogP contribution in [0.1, 0.15) is 44.1 Å². The van der Waals surface area contributed by atoms with E-state index in [4.69, 9.17) is 9.47 Å². The molecular formula is C38H38FN7O5. The first-order chi connectivity index (χ1) is 24.4. The molecule has 1 saturated heterocycles. The summed E-state index contributed by atoms with van der Waals surface area (Å²) < 4.78 is 28.4. The molecule has 2 aliphatic rings. The third-order valence-corrected chi connectivity index (χ3v) is 9.64. The van der Waals surface area contributed by atoms with Gasteiger partial charge in [-0.3, -0.25) is 14.3 Å². The Morgan fingerprint density at radius 3 is 2.47 bits per heavy atom. The minimum Gasteiger partial charge on any atom is -0.497 e. The van der Waals surface area contributed by atoms with Gasteiger partial charge >= 0.3 is 6.03 Å². The number of aromatic nitrogens is 3. The molecule has 7 rings (SSSR count). The number of carbonyl (C=O) groups is 3. The van der Waals surface area contributed by atoms with Gasteiger partial charge in [-0.1, -0.05) is 0 Å². The highest BCUT2D eigenvalue weighted by Crippen LogP contribution is 2.40. The number of amides is 3. The van der Waals surface area contributed by atoms with E-state index in [1.165, 1.54) is 13.2 Å². The predicted molar refractivity (Wildman–Crippen MR) is 193 cm³/mol. The van der Waals surface area contributed by atoms with E-state index in [1.54, 1.807) is 59.3 Å². The Bertz CT molecular complexity index is 2250. The van der Waals surface area contributed by atoms with E-state index in [2.05, 4.69) is 25.6 Å². The van der Waals surface area contributed by atoms with Crippen LogP contribution in [-0.2, 0) is 7.05 Å². The van der Waals surface area contributed by atoms with Gasteiger partial charge in [0, 0.05) is 71.4 Å². The maximum atomic E-state index is 15.3. The van der Waals surface area contributed by atoms with E-state index in [0.29, 0.717) is 64.2 Å². The summed E-state index contributed by atoms with van der Waals surface area (Å²) in [6.45, 7) is 5.17. The SMILES string of the molecule is COc1cc(F)c2[nH]c(-c3c(C)nn(C)c3C)c(C=C3Oc4ccc(NC(=O)Nc5ccc(C(=O)N6CCC(N(C)C)C6)cc5)cc4C3=O)c2c1. The second-order valence-electron chi connectivity index (χ2n) is 13.1. The average molecular weight is 692 g/mol. The number of likely N-dealkylation sites (tertiary alicyclic amines) is 1. The topological polar surface area (TPSA) is 134 Å². The van der Waals surface area contributed by atoms with Crippen molar-refractivity contribution in [3.8, 4) is 22.8 Å². The maximum Gasteiger partial charge on any atom is 0.323 e. The molecule has 0 saturated carbocycles. The molecule has 3 N–H and O–H groups in total. The number of fused-ring (bicyclic) bond motifs is 2. The van der Waals surface area contributed by atoms with Gasteiger partial charge in [-0.25, -0.2) is 9.18 Å². The van der Waals surface area contributed by atoms with Crippen molar-refractivity contribution in [3.63, 3.8) is 0 Å². The summed E-state index contributed by atoms with van der Waals surface area (Å²) in [4.78, 5) is 46.8. The molecule has 0 bridgehead atoms. The van der Waals surface area contributed by atoms with E-state index in [-0.39, 0.29) is 22.7 Å². The van der Waals surface area contributed by atoms with Crippen LogP contribution in [0.5, 0.6) is 11.5 Å². The lowest BCUT2D eigenvalue weighted by Gasteiger charge is -2.20. The zero-order valence-electron chi connectivity index (χ0n) is 29.2. The Hall–Kier alpha value is -5.95. The number of likely N-dealkylation sites (N-methyl/N-ethyl adjacent to an activating group) is 1. The van der Waals surface area contributed by atoms with Crippen LogP contribution in [-0.4, -0.2) is 82.6 Å². The summed E-state index contributed by atoms with van der Waals surface area (Å²) in [6, 6.07) is 14.4. The maximum absolute atomic E-state index is 15.3. The number of allylic oxidation sites excluding steroid dienone is 1. The summed E-state index contributed by atoms with van der Waals surface area (Å²) in [5.41, 5.74) is 5.45. The van der Waals surface area contributed by atoms with Crippen molar-refractivity contribution in [1.82, 2.24) is 24.6 Å². The van der Waals surface area contributed by atoms with Crippen molar-refractivity contribution in [2.24, 2.45) is 7.05 Å². The monoisotopic (exact) mass is 691 g/mol. The number of hydrogen-bond acceptors (Lipinski definition) is 7. The van der Waals surface area contributed by atoms with Crippen LogP contribution >= 0.6 is 0 Å². The van der Waals surface area contributed by atoms with Crippen LogP contribution in [0.4, 0.5) is 20.6 Å². The summed E-state index contributed by atoms with van der Waals surface area (Å²) in [6.07, 6.45) is 2.53. The average Bonchev–Trinajstić information content (AvgIpc) is 3.86. The number of hydrogen-bond donors (Lipinski definition) is 3. The lowest BCUT2D eigenvalue weighted by Crippen LogP contribution is -2.34. The third kappa shape index (κ3) is 6.20. The second-order valence-corrected chi connectivity index (χ2v) is 13.1. The van der Waals surface area contributed by atoms with Gasteiger partial charge in [0.15, 0.2) is 11.6 Å². The molecule has 5 aromatic rings. The molecule has 1 unspecified atom stereocenters. The van der Waals surface area contributed by atoms with Crippen LogP contribution < -0.4 is 20.1 Å². The molecule has 51 heavy (non-hydrogen) atoms. The standard InChI is InChI=1S/C38H38FN7O5/c1-20-33(21(2)45(5)43-20)35-28(27-16-26(50-6)17-30(39)34(27)42-35)18-32-36(47)29-15-24(11-12-31(29)51-32)41-38(49)40-23-9-7-22(8-10-23)37(48)46-14-13-25(19-46)44(3)4/h7-12,15-18,25,42H,13-14,19H2,1-6H3,(H2,40,41,49). The lowest BCUT2D eigenvalue weighted by molar-refractivity contribution is 0.0783. The lowest BCUT2D eigenvalue weighted by atomic mass is 10.0. The smallest absolute Gasteiger partial charge is 0.323 e. The van der Waals surface area contributed by atoms with E-state index >= 15 is 4.39 Å². The molecule has 262 valence electrons. The van der Waals surface area contributed by atoms with Gasteiger partial charge in [0.05, 0.1) is 29.6 Å². The van der Waals surface area contributed by atoms with Crippen molar-refractivity contribution >= 4 is 46.1 Å². The van der Waals surface area contributed by atoms with Gasteiger partial charge < -0.3 is 34.9 Å². The highest BCUT2D eigenvalue weighted by Gasteiger charge is 2.31. The van der Waals surface area contributed by atoms with Crippen molar-refractivity contribution < 1.29 is 28.2 Å². The van der Waals surface area contributed by atoms with Gasteiger partial charge in [-0.2, -0.15) is 5.10 Å².